The van der Waals surface area contributed by atoms with Crippen LogP contribution in [0.3, 0.4) is 0 Å². The van der Waals surface area contributed by atoms with Gasteiger partial charge in [-0.2, -0.15) is 0 Å². The number of benzene rings is 1. The van der Waals surface area contributed by atoms with Crippen molar-refractivity contribution in [3.8, 4) is 5.75 Å². The number of amides is 1. The van der Waals surface area contributed by atoms with Crippen LogP contribution in [0.2, 0.25) is 0 Å². The van der Waals surface area contributed by atoms with E-state index in [0.29, 0.717) is 12.2 Å². The quantitative estimate of drug-likeness (QED) is 0.903. The molecule has 0 saturated carbocycles. The summed E-state index contributed by atoms with van der Waals surface area (Å²) in [5, 5.41) is 11.5. The first-order valence-electron chi connectivity index (χ1n) is 7.30. The molecule has 2 heterocycles. The maximum Gasteiger partial charge on any atom is 0.371 e. The molecular weight excluding hydrogens is 298 g/mol. The van der Waals surface area contributed by atoms with Gasteiger partial charge < -0.3 is 19.6 Å². The number of carboxylic acids is 1. The zero-order valence-electron chi connectivity index (χ0n) is 12.9. The zero-order valence-corrected chi connectivity index (χ0v) is 12.9. The number of furan rings is 1. The normalized spacial score (nSPS) is 15.8. The number of hydrogen-bond donors (Lipinski definition) is 2. The van der Waals surface area contributed by atoms with Gasteiger partial charge in [0, 0.05) is 6.42 Å². The SMILES string of the molecule is Cc1cc2c(cc1C)OC(C(=O)NCc1ccc(C(=O)O)o1)C2. The molecule has 1 atom stereocenters. The van der Waals surface area contributed by atoms with E-state index in [0.717, 1.165) is 16.9 Å². The van der Waals surface area contributed by atoms with Gasteiger partial charge in [0.25, 0.3) is 5.91 Å². The number of carbonyl (C=O) groups is 2. The van der Waals surface area contributed by atoms with Crippen LogP contribution in [0.1, 0.15) is 33.0 Å². The largest absolute Gasteiger partial charge is 0.480 e. The molecule has 1 aromatic heterocycles. The molecule has 0 aliphatic carbocycles. The average molecular weight is 315 g/mol. The molecule has 0 saturated heterocycles. The monoisotopic (exact) mass is 315 g/mol. The second-order valence-electron chi connectivity index (χ2n) is 5.64. The third-order valence-corrected chi connectivity index (χ3v) is 3.95. The van der Waals surface area contributed by atoms with Crippen LogP contribution in [0, 0.1) is 13.8 Å². The molecule has 0 radical (unpaired) electrons. The van der Waals surface area contributed by atoms with Gasteiger partial charge in [0.05, 0.1) is 6.54 Å². The van der Waals surface area contributed by atoms with Crippen molar-refractivity contribution in [2.75, 3.05) is 0 Å². The average Bonchev–Trinajstić information content (AvgIpc) is 3.12. The van der Waals surface area contributed by atoms with Crippen molar-refractivity contribution < 1.29 is 23.8 Å². The van der Waals surface area contributed by atoms with E-state index in [1.165, 1.54) is 17.7 Å². The maximum absolute atomic E-state index is 12.2. The van der Waals surface area contributed by atoms with Crippen LogP contribution in [0.25, 0.3) is 0 Å². The highest BCUT2D eigenvalue weighted by Gasteiger charge is 2.29. The van der Waals surface area contributed by atoms with Crippen molar-refractivity contribution in [2.45, 2.75) is 32.9 Å². The number of ether oxygens (including phenoxy) is 1. The lowest BCUT2D eigenvalue weighted by molar-refractivity contribution is -0.127. The fourth-order valence-corrected chi connectivity index (χ4v) is 2.54. The van der Waals surface area contributed by atoms with Crippen molar-refractivity contribution in [1.82, 2.24) is 5.32 Å². The number of aromatic carboxylic acids is 1. The van der Waals surface area contributed by atoms with Crippen LogP contribution in [-0.4, -0.2) is 23.1 Å². The van der Waals surface area contributed by atoms with E-state index in [-0.39, 0.29) is 18.2 Å². The van der Waals surface area contributed by atoms with E-state index >= 15 is 0 Å². The Labute approximate surface area is 133 Å². The molecule has 120 valence electrons. The number of aryl methyl sites for hydroxylation is 2. The molecule has 1 aromatic carbocycles. The van der Waals surface area contributed by atoms with E-state index in [2.05, 4.69) is 5.32 Å². The second kappa shape index (κ2) is 5.79. The molecule has 1 aliphatic heterocycles. The Morgan fingerprint density at radius 2 is 2.00 bits per heavy atom. The van der Waals surface area contributed by atoms with Crippen LogP contribution in [0.4, 0.5) is 0 Å². The minimum absolute atomic E-state index is 0.125. The highest BCUT2D eigenvalue weighted by molar-refractivity contribution is 5.84. The number of nitrogens with one attached hydrogen (secondary N) is 1. The fourth-order valence-electron chi connectivity index (χ4n) is 2.54. The second-order valence-corrected chi connectivity index (χ2v) is 5.64. The predicted octanol–water partition coefficient (Wildman–Crippen LogP) is 2.21. The third-order valence-electron chi connectivity index (χ3n) is 3.95. The summed E-state index contributed by atoms with van der Waals surface area (Å²) in [7, 11) is 0. The summed E-state index contributed by atoms with van der Waals surface area (Å²) in [4.78, 5) is 22.9. The van der Waals surface area contributed by atoms with Gasteiger partial charge in [-0.25, -0.2) is 4.79 Å². The van der Waals surface area contributed by atoms with Crippen LogP contribution in [-0.2, 0) is 17.8 Å². The third kappa shape index (κ3) is 3.06. The summed E-state index contributed by atoms with van der Waals surface area (Å²) < 4.78 is 10.8. The molecule has 3 rings (SSSR count). The Kier molecular flexibility index (Phi) is 3.82. The first kappa shape index (κ1) is 15.1. The van der Waals surface area contributed by atoms with Gasteiger partial charge in [0.1, 0.15) is 11.5 Å². The number of carbonyl (C=O) groups excluding carboxylic acids is 1. The molecule has 0 spiro atoms. The van der Waals surface area contributed by atoms with E-state index in [1.807, 2.05) is 26.0 Å². The minimum Gasteiger partial charge on any atom is -0.480 e. The van der Waals surface area contributed by atoms with Crippen molar-refractivity contribution in [2.24, 2.45) is 0 Å². The van der Waals surface area contributed by atoms with Crippen LogP contribution in [0.15, 0.2) is 28.7 Å². The van der Waals surface area contributed by atoms with Gasteiger partial charge in [-0.15, -0.1) is 0 Å². The van der Waals surface area contributed by atoms with E-state index in [9.17, 15) is 9.59 Å². The number of rotatable bonds is 4. The topological polar surface area (TPSA) is 88.8 Å². The van der Waals surface area contributed by atoms with E-state index in [4.69, 9.17) is 14.3 Å². The predicted molar refractivity (Wildman–Crippen MR) is 81.6 cm³/mol. The molecule has 2 aromatic rings. The lowest BCUT2D eigenvalue weighted by Crippen LogP contribution is -2.36. The van der Waals surface area contributed by atoms with Gasteiger partial charge >= 0.3 is 5.97 Å². The van der Waals surface area contributed by atoms with Crippen LogP contribution < -0.4 is 10.1 Å². The van der Waals surface area contributed by atoms with Gasteiger partial charge in [-0.05, 0) is 48.7 Å². The molecule has 6 heteroatoms. The summed E-state index contributed by atoms with van der Waals surface area (Å²) in [6, 6.07) is 6.88. The smallest absolute Gasteiger partial charge is 0.371 e. The number of carboxylic acid groups (broad SMARTS) is 1. The Morgan fingerprint density at radius 1 is 1.26 bits per heavy atom. The van der Waals surface area contributed by atoms with Gasteiger partial charge in [-0.1, -0.05) is 6.07 Å². The molecule has 1 aliphatic rings. The first-order chi connectivity index (χ1) is 10.9. The lowest BCUT2D eigenvalue weighted by atomic mass is 10.0. The Hall–Kier alpha value is -2.76. The molecule has 0 bridgehead atoms. The molecule has 1 amide bonds. The maximum atomic E-state index is 12.2. The van der Waals surface area contributed by atoms with Crippen molar-refractivity contribution >= 4 is 11.9 Å². The molecule has 1 unspecified atom stereocenters. The highest BCUT2D eigenvalue weighted by Crippen LogP contribution is 2.31. The fraction of sp³-hybridized carbons (Fsp3) is 0.294. The van der Waals surface area contributed by atoms with Crippen molar-refractivity contribution in [3.05, 3.63) is 52.5 Å². The first-order valence-corrected chi connectivity index (χ1v) is 7.30. The van der Waals surface area contributed by atoms with Crippen LogP contribution >= 0.6 is 0 Å². The molecule has 2 N–H and O–H groups in total. The molecule has 23 heavy (non-hydrogen) atoms. The Bertz CT molecular complexity index is 746. The van der Waals surface area contributed by atoms with Crippen molar-refractivity contribution in [3.63, 3.8) is 0 Å². The molecule has 6 nitrogen and oxygen atoms in total. The molecular formula is C17H17NO5. The van der Waals surface area contributed by atoms with Gasteiger partial charge in [0.15, 0.2) is 6.10 Å². The number of hydrogen-bond acceptors (Lipinski definition) is 4. The Balaban J connectivity index is 1.60. The summed E-state index contributed by atoms with van der Waals surface area (Å²) in [6.07, 6.45) is -0.0408. The summed E-state index contributed by atoms with van der Waals surface area (Å²) >= 11 is 0. The van der Waals surface area contributed by atoms with E-state index in [1.54, 1.807) is 0 Å². The summed E-state index contributed by atoms with van der Waals surface area (Å²) in [5.41, 5.74) is 3.33. The van der Waals surface area contributed by atoms with E-state index < -0.39 is 12.1 Å². The van der Waals surface area contributed by atoms with Crippen molar-refractivity contribution in [1.29, 1.82) is 0 Å². The zero-order chi connectivity index (χ0) is 16.6. The molecule has 0 fully saturated rings. The summed E-state index contributed by atoms with van der Waals surface area (Å²) in [6.45, 7) is 4.16. The minimum atomic E-state index is -1.14. The Morgan fingerprint density at radius 3 is 2.70 bits per heavy atom. The lowest BCUT2D eigenvalue weighted by Gasteiger charge is -2.10. The van der Waals surface area contributed by atoms with Crippen LogP contribution in [0.5, 0.6) is 5.75 Å². The standard InChI is InChI=1S/C17H17NO5/c1-9-5-11-7-15(23-14(11)6-10(9)2)16(19)18-8-12-3-4-13(22-12)17(20)21/h3-6,15H,7-8H2,1-2H3,(H,18,19)(H,20,21). The highest BCUT2D eigenvalue weighted by atomic mass is 16.5. The number of fused-ring (bicyclic) bond motifs is 1. The van der Waals surface area contributed by atoms with Gasteiger partial charge in [-0.3, -0.25) is 4.79 Å². The summed E-state index contributed by atoms with van der Waals surface area (Å²) in [5.74, 6) is -0.394. The van der Waals surface area contributed by atoms with Gasteiger partial charge in [0.2, 0.25) is 5.76 Å².